The van der Waals surface area contributed by atoms with Crippen LogP contribution in [-0.4, -0.2) is 24.3 Å². The first-order chi connectivity index (χ1) is 13.9. The van der Waals surface area contributed by atoms with Crippen molar-refractivity contribution in [2.45, 2.75) is 0 Å². The number of ether oxygens (including phenoxy) is 1. The molecule has 0 heterocycles. The van der Waals surface area contributed by atoms with Gasteiger partial charge in [-0.15, -0.1) is 0 Å². The molecule has 3 aromatic rings. The molecule has 0 radical (unpaired) electrons. The molecular weight excluding hydrogens is 413 g/mol. The molecule has 29 heavy (non-hydrogen) atoms. The summed E-state index contributed by atoms with van der Waals surface area (Å²) in [6.07, 6.45) is 0. The van der Waals surface area contributed by atoms with Crippen molar-refractivity contribution in [2.75, 3.05) is 11.9 Å². The number of nitrogens with one attached hydrogen (secondary N) is 1. The number of carbonyl (C=O) groups excluding carboxylic acids is 3. The summed E-state index contributed by atoms with van der Waals surface area (Å²) in [5, 5.41) is 3.32. The molecule has 0 aliphatic rings. The highest BCUT2D eigenvalue weighted by Crippen LogP contribution is 2.24. The van der Waals surface area contributed by atoms with Gasteiger partial charge >= 0.3 is 5.97 Å². The molecule has 0 aliphatic carbocycles. The van der Waals surface area contributed by atoms with E-state index in [1.807, 2.05) is 0 Å². The number of rotatable bonds is 6. The molecule has 5 nitrogen and oxygen atoms in total. The molecule has 0 fully saturated rings. The Labute approximate surface area is 177 Å². The van der Waals surface area contributed by atoms with Gasteiger partial charge in [0.15, 0.2) is 12.4 Å². The van der Waals surface area contributed by atoms with Gasteiger partial charge in [0.2, 0.25) is 0 Å². The molecular formula is C22H15Cl2NO4. The number of hydrogen-bond donors (Lipinski definition) is 1. The normalized spacial score (nSPS) is 10.3. The van der Waals surface area contributed by atoms with Gasteiger partial charge in [-0.05, 0) is 36.4 Å². The van der Waals surface area contributed by atoms with Crippen LogP contribution in [0.3, 0.4) is 0 Å². The zero-order chi connectivity index (χ0) is 20.8. The Hall–Kier alpha value is -3.15. The van der Waals surface area contributed by atoms with Crippen molar-refractivity contribution in [3.63, 3.8) is 0 Å². The third-order valence-corrected chi connectivity index (χ3v) is 4.40. The SMILES string of the molecule is O=C(COC(=O)c1cccc(Cl)c1)Nc1ccc(Cl)cc1C(=O)c1ccccc1. The van der Waals surface area contributed by atoms with E-state index in [2.05, 4.69) is 5.32 Å². The number of anilines is 1. The van der Waals surface area contributed by atoms with E-state index in [0.29, 0.717) is 15.6 Å². The van der Waals surface area contributed by atoms with Gasteiger partial charge in [0, 0.05) is 21.2 Å². The minimum Gasteiger partial charge on any atom is -0.452 e. The van der Waals surface area contributed by atoms with Gasteiger partial charge in [0.25, 0.3) is 5.91 Å². The maximum absolute atomic E-state index is 12.8. The molecule has 146 valence electrons. The van der Waals surface area contributed by atoms with Gasteiger partial charge in [-0.1, -0.05) is 59.6 Å². The zero-order valence-electron chi connectivity index (χ0n) is 15.0. The fourth-order valence-corrected chi connectivity index (χ4v) is 2.94. The smallest absolute Gasteiger partial charge is 0.338 e. The first-order valence-corrected chi connectivity index (χ1v) is 9.31. The van der Waals surface area contributed by atoms with Crippen LogP contribution in [0, 0.1) is 0 Å². The number of benzene rings is 3. The van der Waals surface area contributed by atoms with Gasteiger partial charge in [0.05, 0.1) is 11.3 Å². The lowest BCUT2D eigenvalue weighted by molar-refractivity contribution is -0.119. The molecule has 0 bridgehead atoms. The Bertz CT molecular complexity index is 1070. The van der Waals surface area contributed by atoms with Crippen LogP contribution in [0.1, 0.15) is 26.3 Å². The summed E-state index contributed by atoms with van der Waals surface area (Å²) < 4.78 is 5.01. The summed E-state index contributed by atoms with van der Waals surface area (Å²) in [7, 11) is 0. The Morgan fingerprint density at radius 1 is 0.793 bits per heavy atom. The van der Waals surface area contributed by atoms with Crippen molar-refractivity contribution in [3.05, 3.63) is 99.5 Å². The molecule has 3 rings (SSSR count). The Morgan fingerprint density at radius 2 is 1.48 bits per heavy atom. The van der Waals surface area contributed by atoms with E-state index >= 15 is 0 Å². The minimum atomic E-state index is -0.681. The predicted octanol–water partition coefficient (Wildman–Crippen LogP) is 5.02. The highest BCUT2D eigenvalue weighted by Gasteiger charge is 2.17. The third-order valence-electron chi connectivity index (χ3n) is 3.93. The third kappa shape index (κ3) is 5.44. The Morgan fingerprint density at radius 3 is 2.21 bits per heavy atom. The first kappa shape index (κ1) is 20.6. The quantitative estimate of drug-likeness (QED) is 0.442. The fraction of sp³-hybridized carbons (Fsp3) is 0.0455. The monoisotopic (exact) mass is 427 g/mol. The highest BCUT2D eigenvalue weighted by molar-refractivity contribution is 6.31. The molecule has 0 aromatic heterocycles. The van der Waals surface area contributed by atoms with Crippen LogP contribution < -0.4 is 5.32 Å². The van der Waals surface area contributed by atoms with Crippen LogP contribution in [0.2, 0.25) is 10.0 Å². The van der Waals surface area contributed by atoms with Gasteiger partial charge in [-0.2, -0.15) is 0 Å². The summed E-state index contributed by atoms with van der Waals surface area (Å²) in [5.41, 5.74) is 1.19. The average Bonchev–Trinajstić information content (AvgIpc) is 2.73. The van der Waals surface area contributed by atoms with Crippen molar-refractivity contribution in [2.24, 2.45) is 0 Å². The van der Waals surface area contributed by atoms with Crippen molar-refractivity contribution in [1.29, 1.82) is 0 Å². The van der Waals surface area contributed by atoms with Crippen LogP contribution in [0.15, 0.2) is 72.8 Å². The van der Waals surface area contributed by atoms with Crippen molar-refractivity contribution < 1.29 is 19.1 Å². The van der Waals surface area contributed by atoms with Crippen LogP contribution in [0.4, 0.5) is 5.69 Å². The molecule has 7 heteroatoms. The van der Waals surface area contributed by atoms with Gasteiger partial charge in [0.1, 0.15) is 0 Å². The van der Waals surface area contributed by atoms with Crippen LogP contribution >= 0.6 is 23.2 Å². The molecule has 0 unspecified atom stereocenters. The second-order valence-corrected chi connectivity index (χ2v) is 6.89. The van der Waals surface area contributed by atoms with Crippen molar-refractivity contribution in [1.82, 2.24) is 0 Å². The molecule has 0 spiro atoms. The van der Waals surface area contributed by atoms with E-state index < -0.39 is 18.5 Å². The number of carbonyl (C=O) groups is 3. The lowest BCUT2D eigenvalue weighted by atomic mass is 10.0. The molecule has 0 saturated carbocycles. The lowest BCUT2D eigenvalue weighted by Crippen LogP contribution is -2.22. The zero-order valence-corrected chi connectivity index (χ0v) is 16.5. The van der Waals surface area contributed by atoms with Crippen LogP contribution in [0.5, 0.6) is 0 Å². The maximum atomic E-state index is 12.8. The molecule has 0 aliphatic heterocycles. The lowest BCUT2D eigenvalue weighted by Gasteiger charge is -2.11. The van der Waals surface area contributed by atoms with E-state index in [9.17, 15) is 14.4 Å². The van der Waals surface area contributed by atoms with Gasteiger partial charge < -0.3 is 10.1 Å². The summed E-state index contributed by atoms with van der Waals surface area (Å²) in [6.45, 7) is -0.521. The Balaban J connectivity index is 1.70. The first-order valence-electron chi connectivity index (χ1n) is 8.56. The van der Waals surface area contributed by atoms with E-state index in [0.717, 1.165) is 0 Å². The minimum absolute atomic E-state index is 0.233. The number of halogens is 2. The molecule has 0 saturated heterocycles. The molecule has 3 aromatic carbocycles. The maximum Gasteiger partial charge on any atom is 0.338 e. The second-order valence-electron chi connectivity index (χ2n) is 6.02. The summed E-state index contributed by atoms with van der Waals surface area (Å²) in [4.78, 5) is 37.1. The predicted molar refractivity (Wildman–Crippen MR) is 112 cm³/mol. The standard InChI is InChI=1S/C22H15Cl2NO4/c23-16-8-4-7-15(11-16)22(28)29-13-20(26)25-19-10-9-17(24)12-18(19)21(27)14-5-2-1-3-6-14/h1-12H,13H2,(H,25,26). The van der Waals surface area contributed by atoms with E-state index in [1.165, 1.54) is 24.3 Å². The number of hydrogen-bond acceptors (Lipinski definition) is 4. The van der Waals surface area contributed by atoms with Crippen LogP contribution in [0.25, 0.3) is 0 Å². The fourth-order valence-electron chi connectivity index (χ4n) is 2.57. The Kier molecular flexibility index (Phi) is 6.65. The second kappa shape index (κ2) is 9.37. The van der Waals surface area contributed by atoms with E-state index in [4.69, 9.17) is 27.9 Å². The highest BCUT2D eigenvalue weighted by atomic mass is 35.5. The number of ketones is 1. The molecule has 1 amide bonds. The topological polar surface area (TPSA) is 72.5 Å². The van der Waals surface area contributed by atoms with Gasteiger partial charge in [-0.3, -0.25) is 9.59 Å². The van der Waals surface area contributed by atoms with Gasteiger partial charge in [-0.25, -0.2) is 4.79 Å². The molecule has 0 atom stereocenters. The molecule has 1 N–H and O–H groups in total. The summed E-state index contributed by atoms with van der Waals surface area (Å²) in [5.74, 6) is -1.57. The largest absolute Gasteiger partial charge is 0.452 e. The summed E-state index contributed by atoms with van der Waals surface area (Å²) in [6, 6.07) is 19.4. The van der Waals surface area contributed by atoms with E-state index in [1.54, 1.807) is 48.5 Å². The van der Waals surface area contributed by atoms with Crippen molar-refractivity contribution >= 4 is 46.5 Å². The number of esters is 1. The average molecular weight is 428 g/mol. The van der Waals surface area contributed by atoms with Crippen LogP contribution in [-0.2, 0) is 9.53 Å². The summed E-state index contributed by atoms with van der Waals surface area (Å²) >= 11 is 11.9. The van der Waals surface area contributed by atoms with Crippen molar-refractivity contribution in [3.8, 4) is 0 Å². The van der Waals surface area contributed by atoms with E-state index in [-0.39, 0.29) is 22.6 Å². The number of amides is 1.